The van der Waals surface area contributed by atoms with Gasteiger partial charge in [-0.05, 0) is 42.3 Å². The monoisotopic (exact) mass is 355 g/mol. The Balaban J connectivity index is 1.55. The fourth-order valence-electron chi connectivity index (χ4n) is 3.37. The van der Waals surface area contributed by atoms with Crippen LogP contribution in [0.1, 0.15) is 31.0 Å². The zero-order valence-corrected chi connectivity index (χ0v) is 15.4. The fourth-order valence-corrected chi connectivity index (χ4v) is 3.37. The highest BCUT2D eigenvalue weighted by Crippen LogP contribution is 2.24. The smallest absolute Gasteiger partial charge is 0.217 e. The maximum atomic E-state index is 13.1. The minimum absolute atomic E-state index is 0.0125. The standard InChI is InChI=1S/C21H26FN3O/c1-16(19-5-3-18(4-6-19)15-23-17(2)26)24-11-13-25(14-12-24)21-9-7-20(22)8-10-21/h3-10,16H,11-15H2,1-2H3,(H,23,26)/t16-/m0/s1. The van der Waals surface area contributed by atoms with Gasteiger partial charge in [0.1, 0.15) is 5.82 Å². The van der Waals surface area contributed by atoms with Crippen molar-refractivity contribution in [3.63, 3.8) is 0 Å². The van der Waals surface area contributed by atoms with Gasteiger partial charge in [-0.3, -0.25) is 9.69 Å². The average Bonchev–Trinajstić information content (AvgIpc) is 2.67. The van der Waals surface area contributed by atoms with E-state index in [-0.39, 0.29) is 11.7 Å². The number of benzene rings is 2. The summed E-state index contributed by atoms with van der Waals surface area (Å²) in [7, 11) is 0. The quantitative estimate of drug-likeness (QED) is 0.893. The summed E-state index contributed by atoms with van der Waals surface area (Å²) in [4.78, 5) is 15.8. The number of rotatable bonds is 5. The van der Waals surface area contributed by atoms with Crippen LogP contribution in [0.3, 0.4) is 0 Å². The average molecular weight is 355 g/mol. The fraction of sp³-hybridized carbons (Fsp3) is 0.381. The highest BCUT2D eigenvalue weighted by molar-refractivity contribution is 5.72. The minimum atomic E-state index is -0.192. The lowest BCUT2D eigenvalue weighted by molar-refractivity contribution is -0.119. The molecule has 1 aliphatic rings. The van der Waals surface area contributed by atoms with E-state index in [0.717, 1.165) is 37.4 Å². The van der Waals surface area contributed by atoms with Crippen molar-refractivity contribution in [2.24, 2.45) is 0 Å². The Morgan fingerprint density at radius 3 is 2.23 bits per heavy atom. The van der Waals surface area contributed by atoms with E-state index in [1.807, 2.05) is 12.1 Å². The summed E-state index contributed by atoms with van der Waals surface area (Å²) in [5, 5.41) is 2.82. The minimum Gasteiger partial charge on any atom is -0.369 e. The number of halogens is 1. The Labute approximate surface area is 154 Å². The molecule has 0 aromatic heterocycles. The van der Waals surface area contributed by atoms with E-state index >= 15 is 0 Å². The van der Waals surface area contributed by atoms with Crippen molar-refractivity contribution in [3.05, 3.63) is 65.5 Å². The van der Waals surface area contributed by atoms with E-state index in [4.69, 9.17) is 0 Å². The molecule has 5 heteroatoms. The lowest BCUT2D eigenvalue weighted by atomic mass is 10.0. The van der Waals surface area contributed by atoms with Gasteiger partial charge in [0, 0.05) is 51.4 Å². The maximum absolute atomic E-state index is 13.1. The summed E-state index contributed by atoms with van der Waals surface area (Å²) in [5.41, 5.74) is 3.48. The third kappa shape index (κ3) is 4.61. The van der Waals surface area contributed by atoms with Gasteiger partial charge in [-0.2, -0.15) is 0 Å². The Hall–Kier alpha value is -2.40. The van der Waals surface area contributed by atoms with Crippen molar-refractivity contribution in [3.8, 4) is 0 Å². The molecule has 0 radical (unpaired) electrons. The molecule has 1 N–H and O–H groups in total. The summed E-state index contributed by atoms with van der Waals surface area (Å²) < 4.78 is 13.1. The van der Waals surface area contributed by atoms with E-state index in [0.29, 0.717) is 12.6 Å². The van der Waals surface area contributed by atoms with Gasteiger partial charge in [-0.25, -0.2) is 4.39 Å². The van der Waals surface area contributed by atoms with E-state index in [1.165, 1.54) is 24.6 Å². The first-order valence-electron chi connectivity index (χ1n) is 9.11. The second kappa shape index (κ2) is 8.32. The van der Waals surface area contributed by atoms with Crippen molar-refractivity contribution in [1.29, 1.82) is 0 Å². The van der Waals surface area contributed by atoms with Crippen molar-refractivity contribution in [2.75, 3.05) is 31.1 Å². The van der Waals surface area contributed by atoms with Gasteiger partial charge in [-0.15, -0.1) is 0 Å². The zero-order valence-electron chi connectivity index (χ0n) is 15.4. The molecule has 1 heterocycles. The van der Waals surface area contributed by atoms with Crippen molar-refractivity contribution in [2.45, 2.75) is 26.4 Å². The highest BCUT2D eigenvalue weighted by Gasteiger charge is 2.22. The Morgan fingerprint density at radius 2 is 1.65 bits per heavy atom. The van der Waals surface area contributed by atoms with E-state index in [9.17, 15) is 9.18 Å². The molecular weight excluding hydrogens is 329 g/mol. The molecule has 1 atom stereocenters. The van der Waals surface area contributed by atoms with Crippen LogP contribution in [-0.2, 0) is 11.3 Å². The van der Waals surface area contributed by atoms with Crippen LogP contribution < -0.4 is 10.2 Å². The third-order valence-corrected chi connectivity index (χ3v) is 5.06. The summed E-state index contributed by atoms with van der Waals surface area (Å²) in [6, 6.07) is 15.5. The second-order valence-electron chi connectivity index (χ2n) is 6.83. The predicted molar refractivity (Wildman–Crippen MR) is 103 cm³/mol. The molecule has 1 saturated heterocycles. The van der Waals surface area contributed by atoms with Crippen LogP contribution in [-0.4, -0.2) is 37.0 Å². The molecule has 1 aliphatic heterocycles. The first kappa shape index (κ1) is 18.4. The van der Waals surface area contributed by atoms with Gasteiger partial charge < -0.3 is 10.2 Å². The van der Waals surface area contributed by atoms with E-state index < -0.39 is 0 Å². The van der Waals surface area contributed by atoms with Crippen molar-refractivity contribution < 1.29 is 9.18 Å². The van der Waals surface area contributed by atoms with Gasteiger partial charge in [0.25, 0.3) is 0 Å². The molecule has 26 heavy (non-hydrogen) atoms. The van der Waals surface area contributed by atoms with Gasteiger partial charge in [-0.1, -0.05) is 24.3 Å². The number of hydrogen-bond acceptors (Lipinski definition) is 3. The number of nitrogens with one attached hydrogen (secondary N) is 1. The Kier molecular flexibility index (Phi) is 5.89. The van der Waals surface area contributed by atoms with E-state index in [1.54, 1.807) is 0 Å². The molecule has 0 aliphatic carbocycles. The number of nitrogens with zero attached hydrogens (tertiary/aromatic N) is 2. The highest BCUT2D eigenvalue weighted by atomic mass is 19.1. The third-order valence-electron chi connectivity index (χ3n) is 5.06. The molecule has 138 valence electrons. The summed E-state index contributed by atoms with van der Waals surface area (Å²) in [5.74, 6) is -0.204. The molecule has 0 unspecified atom stereocenters. The molecule has 4 nitrogen and oxygen atoms in total. The molecular formula is C21H26FN3O. The summed E-state index contributed by atoms with van der Waals surface area (Å²) >= 11 is 0. The van der Waals surface area contributed by atoms with Gasteiger partial charge in [0.2, 0.25) is 5.91 Å². The lowest BCUT2D eigenvalue weighted by Gasteiger charge is -2.39. The summed E-state index contributed by atoms with van der Waals surface area (Å²) in [6.07, 6.45) is 0. The second-order valence-corrected chi connectivity index (χ2v) is 6.83. The molecule has 1 amide bonds. The number of anilines is 1. The Morgan fingerprint density at radius 1 is 1.04 bits per heavy atom. The number of hydrogen-bond donors (Lipinski definition) is 1. The van der Waals surface area contributed by atoms with Crippen LogP contribution in [0.25, 0.3) is 0 Å². The van der Waals surface area contributed by atoms with Crippen LogP contribution in [0.5, 0.6) is 0 Å². The predicted octanol–water partition coefficient (Wildman–Crippen LogP) is 3.35. The van der Waals surface area contributed by atoms with E-state index in [2.05, 4.69) is 46.3 Å². The topological polar surface area (TPSA) is 35.6 Å². The summed E-state index contributed by atoms with van der Waals surface area (Å²) in [6.45, 7) is 8.17. The maximum Gasteiger partial charge on any atom is 0.217 e. The van der Waals surface area contributed by atoms with Crippen LogP contribution in [0.4, 0.5) is 10.1 Å². The SMILES string of the molecule is CC(=O)NCc1ccc([C@H](C)N2CCN(c3ccc(F)cc3)CC2)cc1. The largest absolute Gasteiger partial charge is 0.369 e. The number of amides is 1. The van der Waals surface area contributed by atoms with Crippen LogP contribution in [0.2, 0.25) is 0 Å². The van der Waals surface area contributed by atoms with Gasteiger partial charge in [0.15, 0.2) is 0 Å². The van der Waals surface area contributed by atoms with Crippen LogP contribution >= 0.6 is 0 Å². The molecule has 1 fully saturated rings. The number of carbonyl (C=O) groups is 1. The first-order valence-corrected chi connectivity index (χ1v) is 9.11. The first-order chi connectivity index (χ1) is 12.5. The molecule has 2 aromatic carbocycles. The van der Waals surface area contributed by atoms with Crippen LogP contribution in [0, 0.1) is 5.82 Å². The number of carbonyl (C=O) groups excluding carboxylic acids is 1. The molecule has 0 saturated carbocycles. The van der Waals surface area contributed by atoms with Gasteiger partial charge >= 0.3 is 0 Å². The normalized spacial score (nSPS) is 16.3. The van der Waals surface area contributed by atoms with Crippen molar-refractivity contribution in [1.82, 2.24) is 10.2 Å². The lowest BCUT2D eigenvalue weighted by Crippen LogP contribution is -2.47. The van der Waals surface area contributed by atoms with Crippen molar-refractivity contribution >= 4 is 11.6 Å². The van der Waals surface area contributed by atoms with Gasteiger partial charge in [0.05, 0.1) is 0 Å². The number of piperazine rings is 1. The Bertz CT molecular complexity index is 722. The molecule has 3 rings (SSSR count). The molecule has 0 bridgehead atoms. The molecule has 0 spiro atoms. The molecule has 2 aromatic rings. The van der Waals surface area contributed by atoms with Crippen LogP contribution in [0.15, 0.2) is 48.5 Å². The zero-order chi connectivity index (χ0) is 18.5.